The van der Waals surface area contributed by atoms with Gasteiger partial charge in [0.2, 0.25) is 0 Å². The molecule has 0 aliphatic heterocycles. The van der Waals surface area contributed by atoms with Gasteiger partial charge in [-0.05, 0) is 12.1 Å². The van der Waals surface area contributed by atoms with Gasteiger partial charge >= 0.3 is 12.2 Å². The number of nitrogen functional groups attached to an aromatic ring is 1. The molecule has 2 amide bonds. The molecule has 21 heavy (non-hydrogen) atoms. The average molecular weight is 299 g/mol. The number of anilines is 3. The molecule has 1 aromatic carbocycles. The standard InChI is InChI=1S/C12H12F3N5O/c1-20-10(8(16)6-17-20)19-11(21)18-9-5-3-2-4-7(9)12(13,14)15/h2-6H,16H2,1H3,(H2,18,19,21). The molecule has 6 nitrogen and oxygen atoms in total. The number of amides is 2. The molecule has 1 aromatic heterocycles. The molecule has 0 spiro atoms. The zero-order valence-corrected chi connectivity index (χ0v) is 10.9. The summed E-state index contributed by atoms with van der Waals surface area (Å²) >= 11 is 0. The lowest BCUT2D eigenvalue weighted by molar-refractivity contribution is -0.136. The molecule has 2 aromatic rings. The zero-order chi connectivity index (χ0) is 15.6. The van der Waals surface area contributed by atoms with E-state index < -0.39 is 17.8 Å². The quantitative estimate of drug-likeness (QED) is 0.797. The first kappa shape index (κ1) is 14.7. The molecule has 0 atom stereocenters. The fourth-order valence-electron chi connectivity index (χ4n) is 1.71. The van der Waals surface area contributed by atoms with Crippen molar-refractivity contribution >= 4 is 23.2 Å². The third kappa shape index (κ3) is 3.25. The minimum absolute atomic E-state index is 0.192. The van der Waals surface area contributed by atoms with Gasteiger partial charge in [0, 0.05) is 7.05 Å². The minimum atomic E-state index is -4.56. The predicted octanol–water partition coefficient (Wildman–Crippen LogP) is 2.67. The van der Waals surface area contributed by atoms with Crippen molar-refractivity contribution in [2.45, 2.75) is 6.18 Å². The molecular weight excluding hydrogens is 287 g/mol. The Morgan fingerprint density at radius 2 is 1.95 bits per heavy atom. The van der Waals surface area contributed by atoms with Crippen LogP contribution in [0.15, 0.2) is 30.5 Å². The smallest absolute Gasteiger partial charge is 0.394 e. The Balaban J connectivity index is 2.18. The molecule has 112 valence electrons. The number of benzene rings is 1. The molecule has 0 saturated carbocycles. The number of nitrogens with one attached hydrogen (secondary N) is 2. The van der Waals surface area contributed by atoms with E-state index in [0.717, 1.165) is 12.1 Å². The van der Waals surface area contributed by atoms with Gasteiger partial charge in [-0.15, -0.1) is 0 Å². The number of hydrogen-bond donors (Lipinski definition) is 3. The van der Waals surface area contributed by atoms with Crippen LogP contribution in [0.25, 0.3) is 0 Å². The van der Waals surface area contributed by atoms with Crippen molar-refractivity contribution in [3.8, 4) is 0 Å². The van der Waals surface area contributed by atoms with Crippen LogP contribution in [0, 0.1) is 0 Å². The largest absolute Gasteiger partial charge is 0.418 e. The van der Waals surface area contributed by atoms with Gasteiger partial charge in [0.15, 0.2) is 5.82 Å². The number of aryl methyl sites for hydroxylation is 1. The van der Waals surface area contributed by atoms with Crippen LogP contribution in [0.1, 0.15) is 5.56 Å². The normalized spacial score (nSPS) is 11.2. The molecule has 9 heteroatoms. The number of urea groups is 1. The number of para-hydroxylation sites is 1. The summed E-state index contributed by atoms with van der Waals surface area (Å²) in [6, 6.07) is 3.83. The molecule has 0 unspecified atom stereocenters. The van der Waals surface area contributed by atoms with E-state index in [1.54, 1.807) is 0 Å². The van der Waals surface area contributed by atoms with Crippen molar-refractivity contribution in [1.82, 2.24) is 9.78 Å². The van der Waals surface area contributed by atoms with Crippen LogP contribution >= 0.6 is 0 Å². The molecule has 0 aliphatic rings. The summed E-state index contributed by atoms with van der Waals surface area (Å²) in [6.07, 6.45) is -3.24. The molecule has 0 saturated heterocycles. The molecule has 0 fully saturated rings. The second kappa shape index (κ2) is 5.35. The van der Waals surface area contributed by atoms with Gasteiger partial charge in [0.1, 0.15) is 0 Å². The van der Waals surface area contributed by atoms with E-state index in [9.17, 15) is 18.0 Å². The summed E-state index contributed by atoms with van der Waals surface area (Å²) in [4.78, 5) is 11.8. The first-order valence-corrected chi connectivity index (χ1v) is 5.80. The van der Waals surface area contributed by atoms with Gasteiger partial charge in [-0.3, -0.25) is 10.00 Å². The molecule has 2 rings (SSSR count). The summed E-state index contributed by atoms with van der Waals surface area (Å²) < 4.78 is 39.7. The summed E-state index contributed by atoms with van der Waals surface area (Å²) in [6.45, 7) is 0. The van der Waals surface area contributed by atoms with E-state index in [2.05, 4.69) is 15.7 Å². The van der Waals surface area contributed by atoms with Crippen LogP contribution in [0.5, 0.6) is 0 Å². The van der Waals surface area contributed by atoms with E-state index in [1.807, 2.05) is 0 Å². The number of rotatable bonds is 2. The lowest BCUT2D eigenvalue weighted by Gasteiger charge is -2.14. The van der Waals surface area contributed by atoms with Gasteiger partial charge in [-0.1, -0.05) is 12.1 Å². The number of alkyl halides is 3. The monoisotopic (exact) mass is 299 g/mol. The molecular formula is C12H12F3N5O. The van der Waals surface area contributed by atoms with Gasteiger partial charge in [0.05, 0.1) is 23.1 Å². The van der Waals surface area contributed by atoms with E-state index >= 15 is 0 Å². The van der Waals surface area contributed by atoms with Gasteiger partial charge < -0.3 is 11.1 Å². The second-order valence-corrected chi connectivity index (χ2v) is 4.19. The summed E-state index contributed by atoms with van der Waals surface area (Å²) in [5, 5.41) is 8.29. The first-order valence-electron chi connectivity index (χ1n) is 5.80. The van der Waals surface area contributed by atoms with Crippen molar-refractivity contribution in [2.24, 2.45) is 7.05 Å². The lowest BCUT2D eigenvalue weighted by atomic mass is 10.1. The van der Waals surface area contributed by atoms with Crippen molar-refractivity contribution in [3.63, 3.8) is 0 Å². The van der Waals surface area contributed by atoms with Crippen molar-refractivity contribution in [2.75, 3.05) is 16.4 Å². The van der Waals surface area contributed by atoms with Crippen molar-refractivity contribution in [3.05, 3.63) is 36.0 Å². The van der Waals surface area contributed by atoms with Crippen molar-refractivity contribution in [1.29, 1.82) is 0 Å². The van der Waals surface area contributed by atoms with Crippen molar-refractivity contribution < 1.29 is 18.0 Å². The highest BCUT2D eigenvalue weighted by Crippen LogP contribution is 2.34. The highest BCUT2D eigenvalue weighted by molar-refractivity contribution is 6.01. The van der Waals surface area contributed by atoms with Crippen LogP contribution in [0.4, 0.5) is 35.2 Å². The van der Waals surface area contributed by atoms with Crippen LogP contribution in [0.2, 0.25) is 0 Å². The van der Waals surface area contributed by atoms with Crippen LogP contribution < -0.4 is 16.4 Å². The number of hydrogen-bond acceptors (Lipinski definition) is 3. The maximum absolute atomic E-state index is 12.8. The SMILES string of the molecule is Cn1ncc(N)c1NC(=O)Nc1ccccc1C(F)(F)F. The average Bonchev–Trinajstić information content (AvgIpc) is 2.70. The maximum atomic E-state index is 12.8. The Morgan fingerprint density at radius 1 is 1.29 bits per heavy atom. The summed E-state index contributed by atoms with van der Waals surface area (Å²) in [5.41, 5.74) is 4.51. The number of nitrogens with zero attached hydrogens (tertiary/aromatic N) is 2. The summed E-state index contributed by atoms with van der Waals surface area (Å²) in [7, 11) is 1.54. The number of carbonyl (C=O) groups excluding carboxylic acids is 1. The van der Waals surface area contributed by atoms with Gasteiger partial charge in [0.25, 0.3) is 0 Å². The van der Waals surface area contributed by atoms with E-state index in [0.29, 0.717) is 0 Å². The first-order chi connectivity index (χ1) is 9.79. The second-order valence-electron chi connectivity index (χ2n) is 4.19. The van der Waals surface area contributed by atoms with E-state index in [-0.39, 0.29) is 17.2 Å². The van der Waals surface area contributed by atoms with Gasteiger partial charge in [-0.2, -0.15) is 18.3 Å². The highest BCUT2D eigenvalue weighted by atomic mass is 19.4. The molecule has 0 radical (unpaired) electrons. The Hall–Kier alpha value is -2.71. The topological polar surface area (TPSA) is 85.0 Å². The van der Waals surface area contributed by atoms with Crippen LogP contribution in [0.3, 0.4) is 0 Å². The zero-order valence-electron chi connectivity index (χ0n) is 10.9. The maximum Gasteiger partial charge on any atom is 0.418 e. The Morgan fingerprint density at radius 3 is 2.52 bits per heavy atom. The lowest BCUT2D eigenvalue weighted by Crippen LogP contribution is -2.23. The Kier molecular flexibility index (Phi) is 3.74. The van der Waals surface area contributed by atoms with E-state index in [4.69, 9.17) is 5.73 Å². The minimum Gasteiger partial charge on any atom is -0.394 e. The van der Waals surface area contributed by atoms with Crippen LogP contribution in [-0.2, 0) is 13.2 Å². The highest BCUT2D eigenvalue weighted by Gasteiger charge is 2.33. The Bertz CT molecular complexity index is 646. The number of aromatic nitrogens is 2. The number of carbonyl (C=O) groups is 1. The van der Waals surface area contributed by atoms with E-state index in [1.165, 1.54) is 30.1 Å². The fraction of sp³-hybridized carbons (Fsp3) is 0.167. The number of halogens is 3. The third-order valence-electron chi connectivity index (χ3n) is 2.68. The molecule has 4 N–H and O–H groups in total. The third-order valence-corrected chi connectivity index (χ3v) is 2.68. The molecule has 1 heterocycles. The predicted molar refractivity (Wildman–Crippen MR) is 71.7 cm³/mol. The molecule has 0 bridgehead atoms. The summed E-state index contributed by atoms with van der Waals surface area (Å²) in [5.74, 6) is 0.192. The number of nitrogens with two attached hydrogens (primary N) is 1. The fourth-order valence-corrected chi connectivity index (χ4v) is 1.71. The Labute approximate surface area is 117 Å². The van der Waals surface area contributed by atoms with Crippen LogP contribution in [-0.4, -0.2) is 15.8 Å². The molecule has 0 aliphatic carbocycles. The van der Waals surface area contributed by atoms with Gasteiger partial charge in [-0.25, -0.2) is 4.79 Å².